The van der Waals surface area contributed by atoms with E-state index >= 15 is 0 Å². The Labute approximate surface area is 107 Å². The van der Waals surface area contributed by atoms with Crippen LogP contribution in [0.3, 0.4) is 0 Å². The number of nitrogen functional groups attached to an aromatic ring is 1. The van der Waals surface area contributed by atoms with Gasteiger partial charge in [-0.3, -0.25) is 10.4 Å². The highest BCUT2D eigenvalue weighted by Gasteiger charge is 2.10. The van der Waals surface area contributed by atoms with Crippen LogP contribution < -0.4 is 11.1 Å². The Morgan fingerprint density at radius 3 is 2.94 bits per heavy atom. The Morgan fingerprint density at radius 2 is 2.22 bits per heavy atom. The van der Waals surface area contributed by atoms with Gasteiger partial charge in [-0.2, -0.15) is 0 Å². The van der Waals surface area contributed by atoms with Crippen molar-refractivity contribution in [3.05, 3.63) is 47.4 Å². The molecule has 0 saturated heterocycles. The first-order valence-electron chi connectivity index (χ1n) is 5.58. The van der Waals surface area contributed by atoms with Crippen molar-refractivity contribution in [2.24, 2.45) is 0 Å². The van der Waals surface area contributed by atoms with Gasteiger partial charge in [0.2, 0.25) is 0 Å². The van der Waals surface area contributed by atoms with E-state index in [2.05, 4.69) is 15.3 Å². The zero-order valence-electron chi connectivity index (χ0n) is 10.4. The molecule has 0 aliphatic carbocycles. The molecule has 2 aromatic heterocycles. The molecule has 0 bridgehead atoms. The lowest BCUT2D eigenvalue weighted by Crippen LogP contribution is -2.09. The normalized spacial score (nSPS) is 10.1. The molecule has 18 heavy (non-hydrogen) atoms. The maximum atomic E-state index is 8.18. The summed E-state index contributed by atoms with van der Waals surface area (Å²) < 4.78 is 0. The summed E-state index contributed by atoms with van der Waals surface area (Å²) in [5.74, 6) is 0.724. The number of hydrogen-bond acceptors (Lipinski definition) is 5. The highest BCUT2D eigenvalue weighted by Crippen LogP contribution is 2.16. The second-order valence-electron chi connectivity index (χ2n) is 3.95. The zero-order valence-corrected chi connectivity index (χ0v) is 10.4. The average Bonchev–Trinajstić information content (AvgIpc) is 2.41. The van der Waals surface area contributed by atoms with Crippen LogP contribution in [0.25, 0.3) is 0 Å². The van der Waals surface area contributed by atoms with E-state index in [0.717, 1.165) is 11.5 Å². The summed E-state index contributed by atoms with van der Waals surface area (Å²) in [7, 11) is 1.79. The molecule has 4 N–H and O–H groups in total. The standard InChI is InChI=1S/C13H15N5.H2/c1-8-6-9(10(14)7-17-8)13(15)11-4-3-5-12(16-2)18-11;/h3-7,15H,14H2,1-2H3,(H,16,18);1H. The van der Waals surface area contributed by atoms with Crippen LogP contribution in [0.4, 0.5) is 11.5 Å². The van der Waals surface area contributed by atoms with Crippen LogP contribution in [0.1, 0.15) is 18.4 Å². The van der Waals surface area contributed by atoms with Crippen LogP contribution in [-0.2, 0) is 0 Å². The Kier molecular flexibility index (Phi) is 3.23. The molecule has 0 saturated carbocycles. The first-order valence-corrected chi connectivity index (χ1v) is 5.58. The zero-order chi connectivity index (χ0) is 13.1. The number of rotatable bonds is 3. The van der Waals surface area contributed by atoms with E-state index < -0.39 is 0 Å². The van der Waals surface area contributed by atoms with Gasteiger partial charge in [0.05, 0.1) is 23.3 Å². The van der Waals surface area contributed by atoms with Gasteiger partial charge >= 0.3 is 0 Å². The molecule has 0 atom stereocenters. The number of aromatic nitrogens is 2. The minimum Gasteiger partial charge on any atom is -0.397 e. The molecule has 0 amide bonds. The van der Waals surface area contributed by atoms with E-state index in [1.165, 1.54) is 0 Å². The van der Waals surface area contributed by atoms with E-state index in [-0.39, 0.29) is 1.43 Å². The van der Waals surface area contributed by atoms with E-state index in [9.17, 15) is 0 Å². The first-order chi connectivity index (χ1) is 8.61. The maximum Gasteiger partial charge on any atom is 0.126 e. The fourth-order valence-electron chi connectivity index (χ4n) is 1.64. The van der Waals surface area contributed by atoms with Crippen molar-refractivity contribution in [3.8, 4) is 0 Å². The molecule has 0 aliphatic heterocycles. The van der Waals surface area contributed by atoms with Crippen molar-refractivity contribution < 1.29 is 1.43 Å². The first kappa shape index (κ1) is 12.0. The lowest BCUT2D eigenvalue weighted by molar-refractivity contribution is 1.19. The summed E-state index contributed by atoms with van der Waals surface area (Å²) >= 11 is 0. The molecule has 0 spiro atoms. The van der Waals surface area contributed by atoms with Crippen molar-refractivity contribution in [1.29, 1.82) is 5.41 Å². The third kappa shape index (κ3) is 2.29. The molecule has 0 fully saturated rings. The fraction of sp³-hybridized carbons (Fsp3) is 0.154. The van der Waals surface area contributed by atoms with Crippen LogP contribution >= 0.6 is 0 Å². The highest BCUT2D eigenvalue weighted by atomic mass is 15.0. The SMILES string of the molecule is CNc1cccc(C(=N)c2cc(C)ncc2N)n1.[HH]. The smallest absolute Gasteiger partial charge is 0.126 e. The van der Waals surface area contributed by atoms with Crippen LogP contribution in [0.5, 0.6) is 0 Å². The van der Waals surface area contributed by atoms with Crippen LogP contribution in [0.15, 0.2) is 30.5 Å². The number of pyridine rings is 2. The summed E-state index contributed by atoms with van der Waals surface area (Å²) in [5, 5.41) is 11.1. The van der Waals surface area contributed by atoms with Crippen molar-refractivity contribution >= 4 is 17.2 Å². The third-order valence-corrected chi connectivity index (χ3v) is 2.60. The summed E-state index contributed by atoms with van der Waals surface area (Å²) in [4.78, 5) is 8.42. The molecule has 5 nitrogen and oxygen atoms in total. The summed E-state index contributed by atoms with van der Waals surface area (Å²) in [6, 6.07) is 7.29. The molecule has 5 heteroatoms. The Morgan fingerprint density at radius 1 is 1.44 bits per heavy atom. The summed E-state index contributed by atoms with van der Waals surface area (Å²) in [5.41, 5.74) is 8.71. The number of aryl methyl sites for hydroxylation is 1. The number of nitrogens with zero attached hydrogens (tertiary/aromatic N) is 2. The van der Waals surface area contributed by atoms with Crippen LogP contribution in [0.2, 0.25) is 0 Å². The second-order valence-corrected chi connectivity index (χ2v) is 3.95. The van der Waals surface area contributed by atoms with Crippen LogP contribution in [0, 0.1) is 12.3 Å². The predicted molar refractivity (Wildman–Crippen MR) is 75.2 cm³/mol. The molecular formula is C13H17N5. The van der Waals surface area contributed by atoms with Gasteiger partial charge in [-0.05, 0) is 25.1 Å². The quantitative estimate of drug-likeness (QED) is 0.720. The predicted octanol–water partition coefficient (Wildman–Crippen LogP) is 2.07. The molecular weight excluding hydrogens is 226 g/mol. The fourth-order valence-corrected chi connectivity index (χ4v) is 1.64. The second kappa shape index (κ2) is 4.83. The van der Waals surface area contributed by atoms with Crippen molar-refractivity contribution in [2.75, 3.05) is 18.1 Å². The Hall–Kier alpha value is -2.43. The van der Waals surface area contributed by atoms with Gasteiger partial charge in [0.25, 0.3) is 0 Å². The number of nitrogens with two attached hydrogens (primary N) is 1. The lowest BCUT2D eigenvalue weighted by Gasteiger charge is -2.08. The van der Waals surface area contributed by atoms with Crippen molar-refractivity contribution in [2.45, 2.75) is 6.92 Å². The number of hydrogen-bond donors (Lipinski definition) is 3. The van der Waals surface area contributed by atoms with Gasteiger partial charge in [-0.15, -0.1) is 0 Å². The summed E-state index contributed by atoms with van der Waals surface area (Å²) in [6.07, 6.45) is 1.57. The molecule has 0 radical (unpaired) electrons. The minimum absolute atomic E-state index is 0. The lowest BCUT2D eigenvalue weighted by atomic mass is 10.1. The third-order valence-electron chi connectivity index (χ3n) is 2.60. The van der Waals surface area contributed by atoms with E-state index in [1.807, 2.05) is 19.1 Å². The Bertz CT molecular complexity index is 597. The van der Waals surface area contributed by atoms with E-state index in [4.69, 9.17) is 11.1 Å². The molecule has 2 heterocycles. The molecule has 2 rings (SSSR count). The summed E-state index contributed by atoms with van der Waals surface area (Å²) in [6.45, 7) is 1.87. The largest absolute Gasteiger partial charge is 0.397 e. The molecule has 2 aromatic rings. The van der Waals surface area contributed by atoms with Crippen molar-refractivity contribution in [3.63, 3.8) is 0 Å². The monoisotopic (exact) mass is 243 g/mol. The van der Waals surface area contributed by atoms with Gasteiger partial charge < -0.3 is 11.1 Å². The minimum atomic E-state index is 0. The van der Waals surface area contributed by atoms with Gasteiger partial charge in [-0.1, -0.05) is 6.07 Å². The van der Waals surface area contributed by atoms with Gasteiger partial charge in [0, 0.05) is 19.7 Å². The molecule has 0 aliphatic rings. The Balaban J connectivity index is 0.00000180. The van der Waals surface area contributed by atoms with E-state index in [1.54, 1.807) is 25.4 Å². The maximum absolute atomic E-state index is 8.18. The topological polar surface area (TPSA) is 87.7 Å². The van der Waals surface area contributed by atoms with Gasteiger partial charge in [0.15, 0.2) is 0 Å². The number of anilines is 2. The number of nitrogens with one attached hydrogen (secondary N) is 2. The van der Waals surface area contributed by atoms with Gasteiger partial charge in [-0.25, -0.2) is 4.98 Å². The molecule has 0 aromatic carbocycles. The van der Waals surface area contributed by atoms with Gasteiger partial charge in [0.1, 0.15) is 5.82 Å². The molecule has 0 unspecified atom stereocenters. The molecule has 94 valence electrons. The van der Waals surface area contributed by atoms with Crippen molar-refractivity contribution in [1.82, 2.24) is 9.97 Å². The average molecular weight is 243 g/mol. The highest BCUT2D eigenvalue weighted by molar-refractivity contribution is 6.12. The van der Waals surface area contributed by atoms with E-state index in [0.29, 0.717) is 22.7 Å². The van der Waals surface area contributed by atoms with Crippen LogP contribution in [-0.4, -0.2) is 22.7 Å².